The van der Waals surface area contributed by atoms with E-state index in [2.05, 4.69) is 0 Å². The molecule has 0 aliphatic rings. The van der Waals surface area contributed by atoms with Crippen LogP contribution in [-0.4, -0.2) is 18.4 Å². The molecule has 0 fully saturated rings. The van der Waals surface area contributed by atoms with Gasteiger partial charge in [0.05, 0.1) is 6.61 Å². The minimum absolute atomic E-state index is 0.132. The van der Waals surface area contributed by atoms with E-state index >= 15 is 0 Å². The van der Waals surface area contributed by atoms with Crippen molar-refractivity contribution in [2.45, 2.75) is 33.6 Å². The summed E-state index contributed by atoms with van der Waals surface area (Å²) < 4.78 is 5.07. The molecule has 1 atom stereocenters. The summed E-state index contributed by atoms with van der Waals surface area (Å²) >= 11 is 0. The van der Waals surface area contributed by atoms with Crippen LogP contribution in [0.2, 0.25) is 0 Å². The zero-order valence-electron chi connectivity index (χ0n) is 11.2. The molecule has 18 heavy (non-hydrogen) atoms. The lowest BCUT2D eigenvalue weighted by Gasteiger charge is -2.27. The zero-order valence-corrected chi connectivity index (χ0v) is 11.2. The van der Waals surface area contributed by atoms with Crippen LogP contribution in [0.3, 0.4) is 0 Å². The van der Waals surface area contributed by atoms with Gasteiger partial charge in [-0.1, -0.05) is 37.3 Å². The fourth-order valence-electron chi connectivity index (χ4n) is 2.07. The molecule has 0 amide bonds. The van der Waals surface area contributed by atoms with Gasteiger partial charge in [0.1, 0.15) is 11.2 Å². The summed E-state index contributed by atoms with van der Waals surface area (Å²) in [5.41, 5.74) is -0.0696. The first-order valence-corrected chi connectivity index (χ1v) is 6.29. The number of benzene rings is 1. The second kappa shape index (κ2) is 6.34. The molecular formula is C15H20O3. The highest BCUT2D eigenvalue weighted by atomic mass is 16.5. The summed E-state index contributed by atoms with van der Waals surface area (Å²) in [6.45, 7) is 5.36. The minimum atomic E-state index is -1.04. The highest BCUT2D eigenvalue weighted by molar-refractivity contribution is 6.02. The van der Waals surface area contributed by atoms with Crippen LogP contribution in [0.4, 0.5) is 0 Å². The molecule has 0 saturated carbocycles. The monoisotopic (exact) mass is 248 g/mol. The lowest BCUT2D eigenvalue weighted by atomic mass is 9.76. The van der Waals surface area contributed by atoms with Crippen molar-refractivity contribution in [2.24, 2.45) is 5.41 Å². The lowest BCUT2D eigenvalue weighted by Crippen LogP contribution is -2.41. The number of rotatable bonds is 6. The van der Waals surface area contributed by atoms with Gasteiger partial charge in [-0.2, -0.15) is 0 Å². The van der Waals surface area contributed by atoms with E-state index < -0.39 is 11.4 Å². The maximum absolute atomic E-state index is 12.1. The number of ketones is 1. The summed E-state index contributed by atoms with van der Waals surface area (Å²) in [6, 6.07) is 9.57. The Morgan fingerprint density at radius 2 is 1.78 bits per heavy atom. The third-order valence-electron chi connectivity index (χ3n) is 3.29. The molecule has 0 bridgehead atoms. The van der Waals surface area contributed by atoms with E-state index in [1.54, 1.807) is 6.92 Å². The number of ether oxygens (including phenoxy) is 1. The van der Waals surface area contributed by atoms with Crippen LogP contribution in [0, 0.1) is 5.41 Å². The molecule has 1 unspecified atom stereocenters. The molecule has 3 heteroatoms. The average Bonchev–Trinajstić information content (AvgIpc) is 2.37. The summed E-state index contributed by atoms with van der Waals surface area (Å²) in [6.07, 6.45) is 0.856. The smallest absolute Gasteiger partial charge is 0.319 e. The largest absolute Gasteiger partial charge is 0.465 e. The molecule has 3 nitrogen and oxygen atoms in total. The molecular weight excluding hydrogens is 228 g/mol. The highest BCUT2D eigenvalue weighted by Crippen LogP contribution is 2.30. The van der Waals surface area contributed by atoms with Gasteiger partial charge in [-0.05, 0) is 32.3 Å². The topological polar surface area (TPSA) is 43.4 Å². The second-order valence-electron chi connectivity index (χ2n) is 4.37. The van der Waals surface area contributed by atoms with Gasteiger partial charge in [-0.15, -0.1) is 0 Å². The number of carbonyl (C=O) groups is 2. The molecule has 1 aromatic carbocycles. The van der Waals surface area contributed by atoms with Gasteiger partial charge >= 0.3 is 5.97 Å². The maximum Gasteiger partial charge on any atom is 0.319 e. The molecule has 0 radical (unpaired) electrons. The lowest BCUT2D eigenvalue weighted by molar-refractivity contribution is -0.159. The van der Waals surface area contributed by atoms with E-state index in [1.165, 1.54) is 6.92 Å². The van der Waals surface area contributed by atoms with Crippen molar-refractivity contribution in [3.63, 3.8) is 0 Å². The van der Waals surface area contributed by atoms with Crippen molar-refractivity contribution in [2.75, 3.05) is 6.61 Å². The third-order valence-corrected chi connectivity index (χ3v) is 3.29. The SMILES string of the molecule is CCOC(=O)C(CC)(Cc1ccccc1)C(C)=O. The molecule has 0 spiro atoms. The predicted octanol–water partition coefficient (Wildman–Crippen LogP) is 2.78. The van der Waals surface area contributed by atoms with Crippen LogP contribution in [0.5, 0.6) is 0 Å². The zero-order chi connectivity index (χ0) is 13.6. The van der Waals surface area contributed by atoms with Gasteiger partial charge in [-0.3, -0.25) is 9.59 Å². The minimum Gasteiger partial charge on any atom is -0.465 e. The Bertz CT molecular complexity index is 411. The van der Waals surface area contributed by atoms with Crippen molar-refractivity contribution < 1.29 is 14.3 Å². The van der Waals surface area contributed by atoms with Crippen LogP contribution in [0.15, 0.2) is 30.3 Å². The Morgan fingerprint density at radius 3 is 2.22 bits per heavy atom. The second-order valence-corrected chi connectivity index (χ2v) is 4.37. The first-order chi connectivity index (χ1) is 8.56. The molecule has 98 valence electrons. The number of carbonyl (C=O) groups excluding carboxylic acids is 2. The van der Waals surface area contributed by atoms with E-state index in [0.29, 0.717) is 19.4 Å². The first-order valence-electron chi connectivity index (χ1n) is 6.29. The number of esters is 1. The normalized spacial score (nSPS) is 13.7. The molecule has 0 aliphatic heterocycles. The molecule has 0 saturated heterocycles. The third kappa shape index (κ3) is 2.97. The fourth-order valence-corrected chi connectivity index (χ4v) is 2.07. The van der Waals surface area contributed by atoms with Gasteiger partial charge < -0.3 is 4.74 Å². The van der Waals surface area contributed by atoms with Crippen LogP contribution < -0.4 is 0 Å². The molecule has 0 heterocycles. The van der Waals surface area contributed by atoms with Crippen molar-refractivity contribution in [3.05, 3.63) is 35.9 Å². The van der Waals surface area contributed by atoms with Gasteiger partial charge in [0.2, 0.25) is 0 Å². The summed E-state index contributed by atoms with van der Waals surface area (Å²) in [5.74, 6) is -0.545. The molecule has 1 aromatic rings. The number of hydrogen-bond donors (Lipinski definition) is 0. The van der Waals surface area contributed by atoms with Gasteiger partial charge in [-0.25, -0.2) is 0 Å². The number of Topliss-reactive ketones (excluding diaryl/α,β-unsaturated/α-hetero) is 1. The summed E-state index contributed by atoms with van der Waals surface area (Å²) in [5, 5.41) is 0. The average molecular weight is 248 g/mol. The van der Waals surface area contributed by atoms with Gasteiger partial charge in [0.25, 0.3) is 0 Å². The number of hydrogen-bond acceptors (Lipinski definition) is 3. The molecule has 0 N–H and O–H groups in total. The molecule has 0 aromatic heterocycles. The van der Waals surface area contributed by atoms with E-state index in [9.17, 15) is 9.59 Å². The van der Waals surface area contributed by atoms with E-state index in [-0.39, 0.29) is 5.78 Å². The van der Waals surface area contributed by atoms with E-state index in [4.69, 9.17) is 4.74 Å². The maximum atomic E-state index is 12.1. The summed E-state index contributed by atoms with van der Waals surface area (Å²) in [4.78, 5) is 24.0. The Kier molecular flexibility index (Phi) is 5.08. The van der Waals surface area contributed by atoms with E-state index in [1.807, 2.05) is 37.3 Å². The fraction of sp³-hybridized carbons (Fsp3) is 0.467. The Labute approximate surface area is 108 Å². The summed E-state index contributed by atoms with van der Waals surface area (Å²) in [7, 11) is 0. The quantitative estimate of drug-likeness (QED) is 0.574. The van der Waals surface area contributed by atoms with Crippen LogP contribution in [0.25, 0.3) is 0 Å². The van der Waals surface area contributed by atoms with E-state index in [0.717, 1.165) is 5.56 Å². The molecule has 0 aliphatic carbocycles. The van der Waals surface area contributed by atoms with Crippen LogP contribution >= 0.6 is 0 Å². The highest BCUT2D eigenvalue weighted by Gasteiger charge is 2.43. The standard InChI is InChI=1S/C15H20O3/c1-4-15(12(3)16,14(17)18-5-2)11-13-9-7-6-8-10-13/h6-10H,4-5,11H2,1-3H3. The van der Waals surface area contributed by atoms with Crippen molar-refractivity contribution in [1.82, 2.24) is 0 Å². The first kappa shape index (κ1) is 14.4. The Hall–Kier alpha value is -1.64. The van der Waals surface area contributed by atoms with Crippen molar-refractivity contribution in [3.8, 4) is 0 Å². The molecule has 1 rings (SSSR count). The van der Waals surface area contributed by atoms with Gasteiger partial charge in [0, 0.05) is 0 Å². The van der Waals surface area contributed by atoms with Gasteiger partial charge in [0.15, 0.2) is 0 Å². The van der Waals surface area contributed by atoms with Crippen LogP contribution in [-0.2, 0) is 20.7 Å². The van der Waals surface area contributed by atoms with Crippen molar-refractivity contribution in [1.29, 1.82) is 0 Å². The predicted molar refractivity (Wildman–Crippen MR) is 70.2 cm³/mol. The van der Waals surface area contributed by atoms with Crippen LogP contribution in [0.1, 0.15) is 32.8 Å². The Balaban J connectivity index is 3.05. The van der Waals surface area contributed by atoms with Crippen molar-refractivity contribution >= 4 is 11.8 Å². The Morgan fingerprint density at radius 1 is 1.17 bits per heavy atom.